The van der Waals surface area contributed by atoms with Gasteiger partial charge in [0, 0.05) is 25.3 Å². The van der Waals surface area contributed by atoms with Crippen LogP contribution in [0.4, 0.5) is 5.69 Å². The number of carbonyl (C=O) groups is 1. The van der Waals surface area contributed by atoms with E-state index in [4.69, 9.17) is 9.47 Å². The molecule has 2 fully saturated rings. The van der Waals surface area contributed by atoms with Crippen molar-refractivity contribution >= 4 is 11.6 Å². The fraction of sp³-hybridized carbons (Fsp3) is 0.588. The van der Waals surface area contributed by atoms with Crippen LogP contribution < -0.4 is 15.0 Å². The van der Waals surface area contributed by atoms with Crippen molar-refractivity contribution < 1.29 is 14.3 Å². The zero-order chi connectivity index (χ0) is 15.2. The molecule has 2 saturated heterocycles. The standard InChI is InChI=1S/C17H24N2O3/c20-17(16-13-22-16)18-9-4-12-21-15-7-5-14(6-8-15)19-10-2-1-3-11-19/h5-8,16H,1-4,9-13H2,(H,18,20). The normalized spacial score (nSPS) is 20.5. The molecule has 5 nitrogen and oxygen atoms in total. The van der Waals surface area contributed by atoms with Crippen molar-refractivity contribution in [3.05, 3.63) is 24.3 Å². The number of amides is 1. The van der Waals surface area contributed by atoms with Crippen molar-refractivity contribution in [3.8, 4) is 5.75 Å². The summed E-state index contributed by atoms with van der Waals surface area (Å²) in [5.74, 6) is 0.878. The Labute approximate surface area is 131 Å². The molecular weight excluding hydrogens is 280 g/mol. The summed E-state index contributed by atoms with van der Waals surface area (Å²) in [4.78, 5) is 13.8. The first-order valence-corrected chi connectivity index (χ1v) is 8.20. The highest BCUT2D eigenvalue weighted by Crippen LogP contribution is 2.22. The Morgan fingerprint density at radius 1 is 1.23 bits per heavy atom. The topological polar surface area (TPSA) is 54.1 Å². The maximum Gasteiger partial charge on any atom is 0.251 e. The number of hydrogen-bond acceptors (Lipinski definition) is 4. The Kier molecular flexibility index (Phi) is 5.16. The number of nitrogens with zero attached hydrogens (tertiary/aromatic N) is 1. The van der Waals surface area contributed by atoms with Gasteiger partial charge >= 0.3 is 0 Å². The van der Waals surface area contributed by atoms with Crippen molar-refractivity contribution in [3.63, 3.8) is 0 Å². The summed E-state index contributed by atoms with van der Waals surface area (Å²) in [6, 6.07) is 8.32. The molecule has 0 spiro atoms. The van der Waals surface area contributed by atoms with Crippen molar-refractivity contribution in [1.82, 2.24) is 5.32 Å². The van der Waals surface area contributed by atoms with E-state index in [0.717, 1.165) is 25.3 Å². The maximum atomic E-state index is 11.3. The molecule has 1 amide bonds. The Morgan fingerprint density at radius 2 is 1.95 bits per heavy atom. The fourth-order valence-corrected chi connectivity index (χ4v) is 2.69. The number of anilines is 1. The molecule has 1 unspecified atom stereocenters. The van der Waals surface area contributed by atoms with E-state index in [-0.39, 0.29) is 12.0 Å². The second-order valence-electron chi connectivity index (χ2n) is 5.86. The highest BCUT2D eigenvalue weighted by atomic mass is 16.6. The molecule has 2 aliphatic rings. The van der Waals surface area contributed by atoms with Crippen LogP contribution in [0.3, 0.4) is 0 Å². The van der Waals surface area contributed by atoms with E-state index >= 15 is 0 Å². The minimum absolute atomic E-state index is 0.00844. The van der Waals surface area contributed by atoms with E-state index in [9.17, 15) is 4.79 Å². The van der Waals surface area contributed by atoms with Crippen LogP contribution in [0.15, 0.2) is 24.3 Å². The monoisotopic (exact) mass is 304 g/mol. The average Bonchev–Trinajstić information content (AvgIpc) is 3.41. The van der Waals surface area contributed by atoms with Gasteiger partial charge in [-0.3, -0.25) is 4.79 Å². The molecule has 2 aliphatic heterocycles. The first kappa shape index (κ1) is 15.2. The van der Waals surface area contributed by atoms with Crippen LogP contribution >= 0.6 is 0 Å². The molecule has 0 bridgehead atoms. The zero-order valence-electron chi connectivity index (χ0n) is 12.9. The summed E-state index contributed by atoms with van der Waals surface area (Å²) < 4.78 is 10.6. The molecular formula is C17H24N2O3. The number of nitrogens with one attached hydrogen (secondary N) is 1. The van der Waals surface area contributed by atoms with Crippen LogP contribution in [-0.4, -0.2) is 44.9 Å². The number of ether oxygens (including phenoxy) is 2. The van der Waals surface area contributed by atoms with Crippen LogP contribution in [-0.2, 0) is 9.53 Å². The summed E-state index contributed by atoms with van der Waals surface area (Å²) in [5, 5.41) is 2.83. The largest absolute Gasteiger partial charge is 0.494 e. The number of piperidine rings is 1. The van der Waals surface area contributed by atoms with Crippen LogP contribution in [0, 0.1) is 0 Å². The molecule has 1 atom stereocenters. The van der Waals surface area contributed by atoms with Crippen molar-refractivity contribution in [2.45, 2.75) is 31.8 Å². The molecule has 1 aromatic rings. The van der Waals surface area contributed by atoms with E-state index in [1.54, 1.807) is 0 Å². The molecule has 22 heavy (non-hydrogen) atoms. The summed E-state index contributed by atoms with van der Waals surface area (Å²) in [6.07, 6.45) is 4.52. The van der Waals surface area contributed by atoms with Crippen LogP contribution in [0.2, 0.25) is 0 Å². The first-order valence-electron chi connectivity index (χ1n) is 8.20. The predicted octanol–water partition coefficient (Wildman–Crippen LogP) is 1.96. The molecule has 0 aliphatic carbocycles. The summed E-state index contributed by atoms with van der Waals surface area (Å²) in [5.41, 5.74) is 1.28. The second-order valence-corrected chi connectivity index (χ2v) is 5.86. The Balaban J connectivity index is 1.34. The molecule has 5 heteroatoms. The highest BCUT2D eigenvalue weighted by molar-refractivity contribution is 5.82. The number of rotatable bonds is 7. The van der Waals surface area contributed by atoms with Gasteiger partial charge < -0.3 is 19.7 Å². The molecule has 0 radical (unpaired) electrons. The highest BCUT2D eigenvalue weighted by Gasteiger charge is 2.30. The number of carbonyl (C=O) groups excluding carboxylic acids is 1. The van der Waals surface area contributed by atoms with Gasteiger partial charge in [-0.05, 0) is 49.9 Å². The van der Waals surface area contributed by atoms with Gasteiger partial charge in [-0.15, -0.1) is 0 Å². The van der Waals surface area contributed by atoms with Gasteiger partial charge in [0.25, 0.3) is 5.91 Å². The fourth-order valence-electron chi connectivity index (χ4n) is 2.69. The average molecular weight is 304 g/mol. The third-order valence-corrected chi connectivity index (χ3v) is 4.07. The lowest BCUT2D eigenvalue weighted by Crippen LogP contribution is -2.29. The van der Waals surface area contributed by atoms with E-state index in [1.807, 2.05) is 12.1 Å². The third-order valence-electron chi connectivity index (χ3n) is 4.07. The van der Waals surface area contributed by atoms with Gasteiger partial charge in [0.1, 0.15) is 5.75 Å². The van der Waals surface area contributed by atoms with Gasteiger partial charge in [-0.1, -0.05) is 0 Å². The minimum atomic E-state index is -0.205. The SMILES string of the molecule is O=C(NCCCOc1ccc(N2CCCCC2)cc1)C1CO1. The number of benzene rings is 1. The number of hydrogen-bond donors (Lipinski definition) is 1. The molecule has 2 heterocycles. The van der Waals surface area contributed by atoms with Crippen LogP contribution in [0.5, 0.6) is 5.75 Å². The predicted molar refractivity (Wildman–Crippen MR) is 85.4 cm³/mol. The molecule has 1 N–H and O–H groups in total. The lowest BCUT2D eigenvalue weighted by Gasteiger charge is -2.28. The minimum Gasteiger partial charge on any atom is -0.494 e. The van der Waals surface area contributed by atoms with E-state index in [1.165, 1.54) is 24.9 Å². The van der Waals surface area contributed by atoms with Gasteiger partial charge in [0.05, 0.1) is 13.2 Å². The molecule has 120 valence electrons. The van der Waals surface area contributed by atoms with Crippen molar-refractivity contribution in [1.29, 1.82) is 0 Å². The first-order chi connectivity index (χ1) is 10.8. The lowest BCUT2D eigenvalue weighted by atomic mass is 10.1. The summed E-state index contributed by atoms with van der Waals surface area (Å²) >= 11 is 0. The number of epoxide rings is 1. The molecule has 0 saturated carbocycles. The third kappa shape index (κ3) is 4.37. The van der Waals surface area contributed by atoms with Gasteiger partial charge in [-0.2, -0.15) is 0 Å². The maximum absolute atomic E-state index is 11.3. The second kappa shape index (κ2) is 7.49. The lowest BCUT2D eigenvalue weighted by molar-refractivity contribution is -0.122. The van der Waals surface area contributed by atoms with E-state index < -0.39 is 0 Å². The molecule has 3 rings (SSSR count). The quantitative estimate of drug-likeness (QED) is 0.618. The Bertz CT molecular complexity index is 479. The van der Waals surface area contributed by atoms with E-state index in [2.05, 4.69) is 22.3 Å². The van der Waals surface area contributed by atoms with Crippen molar-refractivity contribution in [2.75, 3.05) is 37.7 Å². The Hall–Kier alpha value is -1.75. The summed E-state index contributed by atoms with van der Waals surface area (Å²) in [7, 11) is 0. The Morgan fingerprint density at radius 3 is 2.64 bits per heavy atom. The van der Waals surface area contributed by atoms with E-state index in [0.29, 0.717) is 19.8 Å². The zero-order valence-corrected chi connectivity index (χ0v) is 12.9. The smallest absolute Gasteiger partial charge is 0.251 e. The van der Waals surface area contributed by atoms with Crippen LogP contribution in [0.25, 0.3) is 0 Å². The van der Waals surface area contributed by atoms with Crippen molar-refractivity contribution in [2.24, 2.45) is 0 Å². The van der Waals surface area contributed by atoms with Gasteiger partial charge in [0.2, 0.25) is 0 Å². The van der Waals surface area contributed by atoms with Gasteiger partial charge in [0.15, 0.2) is 6.10 Å². The molecule has 1 aromatic carbocycles. The summed E-state index contributed by atoms with van der Waals surface area (Å²) in [6.45, 7) is 4.11. The van der Waals surface area contributed by atoms with Crippen LogP contribution in [0.1, 0.15) is 25.7 Å². The molecule has 0 aromatic heterocycles. The van der Waals surface area contributed by atoms with Gasteiger partial charge in [-0.25, -0.2) is 0 Å².